The van der Waals surface area contributed by atoms with Crippen molar-refractivity contribution in [3.05, 3.63) is 0 Å². The molecule has 17 heavy (non-hydrogen) atoms. The summed E-state index contributed by atoms with van der Waals surface area (Å²) in [5.41, 5.74) is -0.134. The van der Waals surface area contributed by atoms with Gasteiger partial charge in [-0.15, -0.1) is 0 Å². The number of aliphatic hydroxyl groups excluding tert-OH is 1. The summed E-state index contributed by atoms with van der Waals surface area (Å²) in [6.07, 6.45) is 2.22. The van der Waals surface area contributed by atoms with E-state index in [1.165, 1.54) is 6.42 Å². The molecular weight excluding hydrogens is 214 g/mol. The van der Waals surface area contributed by atoms with Crippen LogP contribution in [-0.4, -0.2) is 73.4 Å². The molecule has 0 saturated carbocycles. The molecule has 2 N–H and O–H groups in total. The van der Waals surface area contributed by atoms with Crippen LogP contribution in [0.15, 0.2) is 0 Å². The van der Waals surface area contributed by atoms with E-state index >= 15 is 0 Å². The lowest BCUT2D eigenvalue weighted by atomic mass is 9.98. The normalized spacial score (nSPS) is 27.0. The van der Waals surface area contributed by atoms with Gasteiger partial charge in [-0.1, -0.05) is 6.92 Å². The molecule has 1 aliphatic rings. The van der Waals surface area contributed by atoms with Crippen molar-refractivity contribution >= 4 is 0 Å². The maximum absolute atomic E-state index is 9.37. The standard InChI is InChI=1S/C13H29N3O/c1-5-12-10-16(9-8-15(12)4)7-6-13(2,11-17)14-3/h12,14,17H,5-11H2,1-4H3. The van der Waals surface area contributed by atoms with Crippen molar-refractivity contribution in [2.75, 3.05) is 46.9 Å². The summed E-state index contributed by atoms with van der Waals surface area (Å²) >= 11 is 0. The second kappa shape index (κ2) is 6.69. The summed E-state index contributed by atoms with van der Waals surface area (Å²) in [6.45, 7) is 9.09. The van der Waals surface area contributed by atoms with Crippen LogP contribution in [0.3, 0.4) is 0 Å². The quantitative estimate of drug-likeness (QED) is 0.707. The summed E-state index contributed by atoms with van der Waals surface area (Å²) in [5.74, 6) is 0. The van der Waals surface area contributed by atoms with Gasteiger partial charge in [0.15, 0.2) is 0 Å². The molecular formula is C13H29N3O. The van der Waals surface area contributed by atoms with E-state index in [0.717, 1.165) is 32.6 Å². The lowest BCUT2D eigenvalue weighted by Crippen LogP contribution is -2.53. The van der Waals surface area contributed by atoms with Gasteiger partial charge in [0.05, 0.1) is 6.61 Å². The molecule has 1 heterocycles. The highest BCUT2D eigenvalue weighted by molar-refractivity contribution is 4.85. The minimum absolute atomic E-state index is 0.134. The zero-order chi connectivity index (χ0) is 12.9. The zero-order valence-corrected chi connectivity index (χ0v) is 11.9. The Hall–Kier alpha value is -0.160. The molecule has 102 valence electrons. The van der Waals surface area contributed by atoms with E-state index < -0.39 is 0 Å². The summed E-state index contributed by atoms with van der Waals surface area (Å²) in [4.78, 5) is 4.99. The van der Waals surface area contributed by atoms with Crippen molar-refractivity contribution in [3.63, 3.8) is 0 Å². The van der Waals surface area contributed by atoms with Gasteiger partial charge in [0.1, 0.15) is 0 Å². The van der Waals surface area contributed by atoms with Gasteiger partial charge < -0.3 is 20.2 Å². The predicted molar refractivity (Wildman–Crippen MR) is 72.3 cm³/mol. The summed E-state index contributed by atoms with van der Waals surface area (Å²) in [7, 11) is 4.14. The van der Waals surface area contributed by atoms with Crippen molar-refractivity contribution in [3.8, 4) is 0 Å². The first kappa shape index (κ1) is 14.9. The van der Waals surface area contributed by atoms with E-state index in [1.54, 1.807) is 0 Å². The molecule has 0 amide bonds. The van der Waals surface area contributed by atoms with E-state index in [0.29, 0.717) is 6.04 Å². The van der Waals surface area contributed by atoms with Crippen LogP contribution < -0.4 is 5.32 Å². The Bertz CT molecular complexity index is 219. The first-order valence-electron chi connectivity index (χ1n) is 6.77. The van der Waals surface area contributed by atoms with Crippen LogP contribution in [0.2, 0.25) is 0 Å². The number of aliphatic hydroxyl groups is 1. The molecule has 0 bridgehead atoms. The van der Waals surface area contributed by atoms with Crippen molar-refractivity contribution < 1.29 is 5.11 Å². The molecule has 1 saturated heterocycles. The highest BCUT2D eigenvalue weighted by Crippen LogP contribution is 2.14. The Morgan fingerprint density at radius 3 is 2.65 bits per heavy atom. The van der Waals surface area contributed by atoms with Crippen molar-refractivity contribution in [2.24, 2.45) is 0 Å². The molecule has 2 atom stereocenters. The topological polar surface area (TPSA) is 38.7 Å². The summed E-state index contributed by atoms with van der Waals surface area (Å²) in [5, 5.41) is 12.6. The van der Waals surface area contributed by atoms with Gasteiger partial charge in [-0.05, 0) is 33.9 Å². The molecule has 1 aliphatic heterocycles. The molecule has 4 nitrogen and oxygen atoms in total. The molecule has 2 unspecified atom stereocenters. The molecule has 0 aromatic rings. The second-order valence-corrected chi connectivity index (χ2v) is 5.56. The first-order valence-corrected chi connectivity index (χ1v) is 6.77. The number of hydrogen-bond donors (Lipinski definition) is 2. The van der Waals surface area contributed by atoms with Gasteiger partial charge in [-0.2, -0.15) is 0 Å². The van der Waals surface area contributed by atoms with E-state index in [-0.39, 0.29) is 12.1 Å². The Kier molecular flexibility index (Phi) is 5.86. The van der Waals surface area contributed by atoms with E-state index in [1.807, 2.05) is 7.05 Å². The molecule has 1 rings (SSSR count). The average molecular weight is 243 g/mol. The van der Waals surface area contributed by atoms with E-state index in [9.17, 15) is 5.11 Å². The molecule has 0 aliphatic carbocycles. The number of hydrogen-bond acceptors (Lipinski definition) is 4. The molecule has 0 spiro atoms. The number of likely N-dealkylation sites (N-methyl/N-ethyl adjacent to an activating group) is 2. The molecule has 0 radical (unpaired) electrons. The third kappa shape index (κ3) is 4.21. The highest BCUT2D eigenvalue weighted by atomic mass is 16.3. The maximum Gasteiger partial charge on any atom is 0.0610 e. The van der Waals surface area contributed by atoms with Crippen LogP contribution in [-0.2, 0) is 0 Å². The number of nitrogens with zero attached hydrogens (tertiary/aromatic N) is 2. The number of nitrogens with one attached hydrogen (secondary N) is 1. The fourth-order valence-corrected chi connectivity index (χ4v) is 2.34. The summed E-state index contributed by atoms with van der Waals surface area (Å²) < 4.78 is 0. The van der Waals surface area contributed by atoms with Crippen LogP contribution in [0.25, 0.3) is 0 Å². The van der Waals surface area contributed by atoms with Gasteiger partial charge >= 0.3 is 0 Å². The first-order chi connectivity index (χ1) is 8.04. The van der Waals surface area contributed by atoms with Gasteiger partial charge in [-0.25, -0.2) is 0 Å². The lowest BCUT2D eigenvalue weighted by molar-refractivity contribution is 0.0792. The zero-order valence-electron chi connectivity index (χ0n) is 11.9. The van der Waals surface area contributed by atoms with Gasteiger partial charge in [0.25, 0.3) is 0 Å². The van der Waals surface area contributed by atoms with Crippen molar-refractivity contribution in [1.82, 2.24) is 15.1 Å². The number of rotatable bonds is 6. The van der Waals surface area contributed by atoms with Crippen LogP contribution >= 0.6 is 0 Å². The van der Waals surface area contributed by atoms with Crippen molar-refractivity contribution in [1.29, 1.82) is 0 Å². The summed E-state index contributed by atoms with van der Waals surface area (Å²) in [6, 6.07) is 0.693. The van der Waals surface area contributed by atoms with Crippen LogP contribution in [0.5, 0.6) is 0 Å². The van der Waals surface area contributed by atoms with Gasteiger partial charge in [-0.3, -0.25) is 0 Å². The van der Waals surface area contributed by atoms with E-state index in [2.05, 4.69) is 36.0 Å². The Labute approximate surface area is 106 Å². The molecule has 0 aromatic heterocycles. The van der Waals surface area contributed by atoms with E-state index in [4.69, 9.17) is 0 Å². The SMILES string of the molecule is CCC1CN(CCC(C)(CO)NC)CCN1C. The molecule has 0 aromatic carbocycles. The second-order valence-electron chi connectivity index (χ2n) is 5.56. The fourth-order valence-electron chi connectivity index (χ4n) is 2.34. The van der Waals surface area contributed by atoms with Gasteiger partial charge in [0, 0.05) is 37.8 Å². The van der Waals surface area contributed by atoms with Crippen LogP contribution in [0.4, 0.5) is 0 Å². The average Bonchev–Trinajstić information content (AvgIpc) is 2.37. The molecule has 4 heteroatoms. The Morgan fingerprint density at radius 2 is 2.12 bits per heavy atom. The fraction of sp³-hybridized carbons (Fsp3) is 1.00. The predicted octanol–water partition coefficient (Wildman–Crippen LogP) is 0.373. The van der Waals surface area contributed by atoms with Crippen LogP contribution in [0, 0.1) is 0 Å². The Morgan fingerprint density at radius 1 is 1.41 bits per heavy atom. The monoisotopic (exact) mass is 243 g/mol. The number of piperazine rings is 1. The minimum atomic E-state index is -0.134. The largest absolute Gasteiger partial charge is 0.394 e. The minimum Gasteiger partial charge on any atom is -0.394 e. The highest BCUT2D eigenvalue weighted by Gasteiger charge is 2.26. The lowest BCUT2D eigenvalue weighted by Gasteiger charge is -2.40. The molecule has 1 fully saturated rings. The van der Waals surface area contributed by atoms with Crippen molar-refractivity contribution in [2.45, 2.75) is 38.3 Å². The van der Waals surface area contributed by atoms with Gasteiger partial charge in [0.2, 0.25) is 0 Å². The smallest absolute Gasteiger partial charge is 0.0610 e. The maximum atomic E-state index is 9.37. The Balaban J connectivity index is 2.37. The van der Waals surface area contributed by atoms with Crippen LogP contribution in [0.1, 0.15) is 26.7 Å². The third-order valence-electron chi connectivity index (χ3n) is 4.26. The third-order valence-corrected chi connectivity index (χ3v) is 4.26.